The van der Waals surface area contributed by atoms with Crippen molar-refractivity contribution >= 4 is 39.1 Å². The standard InChI is InChI=1S/C17H13BrF2N2O2/c18-11-1-6-15(14(20)8-11)21-17(24)10-7-16(23)22(9-10)13-4-2-12(19)3-5-13/h1-6,8,10H,7,9H2,(H,21,24). The van der Waals surface area contributed by atoms with E-state index in [2.05, 4.69) is 21.2 Å². The molecule has 2 aromatic rings. The molecule has 0 bridgehead atoms. The average Bonchev–Trinajstić information content (AvgIpc) is 2.93. The zero-order valence-corrected chi connectivity index (χ0v) is 14.0. The van der Waals surface area contributed by atoms with Gasteiger partial charge in [0.15, 0.2) is 0 Å². The molecule has 0 radical (unpaired) electrons. The third-order valence-electron chi connectivity index (χ3n) is 3.82. The molecule has 2 amide bonds. The molecule has 1 heterocycles. The number of rotatable bonds is 3. The molecule has 124 valence electrons. The van der Waals surface area contributed by atoms with E-state index in [1.165, 1.54) is 41.3 Å². The highest BCUT2D eigenvalue weighted by Gasteiger charge is 2.35. The third kappa shape index (κ3) is 3.46. The minimum absolute atomic E-state index is 0.0291. The number of nitrogens with one attached hydrogen (secondary N) is 1. The minimum atomic E-state index is -0.592. The summed E-state index contributed by atoms with van der Waals surface area (Å²) in [5, 5.41) is 2.51. The van der Waals surface area contributed by atoms with Gasteiger partial charge in [-0.2, -0.15) is 0 Å². The lowest BCUT2D eigenvalue weighted by molar-refractivity contribution is -0.122. The molecule has 0 aromatic heterocycles. The maximum absolute atomic E-state index is 13.8. The smallest absolute Gasteiger partial charge is 0.229 e. The van der Waals surface area contributed by atoms with Crippen molar-refractivity contribution in [2.45, 2.75) is 6.42 Å². The number of anilines is 2. The van der Waals surface area contributed by atoms with Gasteiger partial charge in [0.2, 0.25) is 11.8 Å². The lowest BCUT2D eigenvalue weighted by Crippen LogP contribution is -2.28. The van der Waals surface area contributed by atoms with Gasteiger partial charge in [-0.15, -0.1) is 0 Å². The van der Waals surface area contributed by atoms with Crippen LogP contribution in [0.1, 0.15) is 6.42 Å². The van der Waals surface area contributed by atoms with Crippen molar-refractivity contribution in [2.75, 3.05) is 16.8 Å². The molecule has 24 heavy (non-hydrogen) atoms. The molecule has 1 aliphatic rings. The van der Waals surface area contributed by atoms with Gasteiger partial charge in [-0.1, -0.05) is 15.9 Å². The fourth-order valence-corrected chi connectivity index (χ4v) is 2.91. The van der Waals surface area contributed by atoms with Gasteiger partial charge in [-0.05, 0) is 42.5 Å². The first-order valence-electron chi connectivity index (χ1n) is 7.26. The number of carbonyl (C=O) groups excluding carboxylic acids is 2. The Labute approximate surface area is 145 Å². The summed E-state index contributed by atoms with van der Waals surface area (Å²) in [6, 6.07) is 9.81. The minimum Gasteiger partial charge on any atom is -0.323 e. The van der Waals surface area contributed by atoms with E-state index in [9.17, 15) is 18.4 Å². The van der Waals surface area contributed by atoms with Crippen LogP contribution in [0.3, 0.4) is 0 Å². The molecule has 7 heteroatoms. The summed E-state index contributed by atoms with van der Waals surface area (Å²) < 4.78 is 27.3. The Bertz CT molecular complexity index is 796. The molecule has 1 atom stereocenters. The summed E-state index contributed by atoms with van der Waals surface area (Å²) in [5.41, 5.74) is 0.599. The van der Waals surface area contributed by atoms with Gasteiger partial charge in [0.1, 0.15) is 11.6 Å². The zero-order valence-electron chi connectivity index (χ0n) is 12.4. The van der Waals surface area contributed by atoms with Crippen LogP contribution in [0.25, 0.3) is 0 Å². The molecule has 2 aromatic carbocycles. The SMILES string of the molecule is O=C(Nc1ccc(Br)cc1F)C1CC(=O)N(c2ccc(F)cc2)C1. The predicted octanol–water partition coefficient (Wildman–Crippen LogP) is 3.72. The monoisotopic (exact) mass is 394 g/mol. The molecular weight excluding hydrogens is 382 g/mol. The number of benzene rings is 2. The second-order valence-corrected chi connectivity index (χ2v) is 6.41. The van der Waals surface area contributed by atoms with E-state index < -0.39 is 23.5 Å². The Morgan fingerprint density at radius 3 is 2.54 bits per heavy atom. The van der Waals surface area contributed by atoms with Crippen LogP contribution < -0.4 is 10.2 Å². The highest BCUT2D eigenvalue weighted by molar-refractivity contribution is 9.10. The van der Waals surface area contributed by atoms with Crippen LogP contribution in [-0.2, 0) is 9.59 Å². The topological polar surface area (TPSA) is 49.4 Å². The fraction of sp³-hybridized carbons (Fsp3) is 0.176. The summed E-state index contributed by atoms with van der Waals surface area (Å²) in [6.07, 6.45) is 0.0291. The van der Waals surface area contributed by atoms with Crippen LogP contribution in [0.2, 0.25) is 0 Å². The maximum atomic E-state index is 13.8. The maximum Gasteiger partial charge on any atom is 0.229 e. The van der Waals surface area contributed by atoms with Crippen LogP contribution in [0.4, 0.5) is 20.2 Å². The Kier molecular flexibility index (Phi) is 4.62. The van der Waals surface area contributed by atoms with Crippen molar-refractivity contribution < 1.29 is 18.4 Å². The number of hydrogen-bond donors (Lipinski definition) is 1. The molecule has 1 unspecified atom stereocenters. The molecule has 1 saturated heterocycles. The Balaban J connectivity index is 1.70. The highest BCUT2D eigenvalue weighted by Crippen LogP contribution is 2.27. The van der Waals surface area contributed by atoms with Crippen molar-refractivity contribution in [2.24, 2.45) is 5.92 Å². The normalized spacial score (nSPS) is 17.2. The summed E-state index contributed by atoms with van der Waals surface area (Å²) >= 11 is 3.14. The second-order valence-electron chi connectivity index (χ2n) is 5.50. The summed E-state index contributed by atoms with van der Waals surface area (Å²) in [6.45, 7) is 0.175. The molecule has 0 aliphatic carbocycles. The van der Waals surface area contributed by atoms with Crippen LogP contribution in [-0.4, -0.2) is 18.4 Å². The molecule has 1 N–H and O–H groups in total. The van der Waals surface area contributed by atoms with Gasteiger partial charge < -0.3 is 10.2 Å². The second kappa shape index (κ2) is 6.68. The van der Waals surface area contributed by atoms with Crippen molar-refractivity contribution in [3.05, 3.63) is 58.6 Å². The van der Waals surface area contributed by atoms with E-state index in [4.69, 9.17) is 0 Å². The van der Waals surface area contributed by atoms with E-state index in [0.29, 0.717) is 10.2 Å². The number of hydrogen-bond acceptors (Lipinski definition) is 2. The summed E-state index contributed by atoms with van der Waals surface area (Å²) in [4.78, 5) is 25.8. The summed E-state index contributed by atoms with van der Waals surface area (Å²) in [7, 11) is 0. The first kappa shape index (κ1) is 16.6. The highest BCUT2D eigenvalue weighted by atomic mass is 79.9. The van der Waals surface area contributed by atoms with Gasteiger partial charge in [0.05, 0.1) is 11.6 Å². The van der Waals surface area contributed by atoms with Crippen molar-refractivity contribution in [1.82, 2.24) is 0 Å². The Morgan fingerprint density at radius 2 is 1.88 bits per heavy atom. The first-order chi connectivity index (χ1) is 11.4. The molecule has 1 fully saturated rings. The molecule has 1 aliphatic heterocycles. The number of amides is 2. The van der Waals surface area contributed by atoms with Gasteiger partial charge in [-0.3, -0.25) is 9.59 Å². The van der Waals surface area contributed by atoms with E-state index in [0.717, 1.165) is 0 Å². The van der Waals surface area contributed by atoms with Crippen molar-refractivity contribution in [3.63, 3.8) is 0 Å². The van der Waals surface area contributed by atoms with Crippen LogP contribution >= 0.6 is 15.9 Å². The Hall–Kier alpha value is -2.28. The average molecular weight is 395 g/mol. The van der Waals surface area contributed by atoms with Gasteiger partial charge >= 0.3 is 0 Å². The molecule has 0 saturated carbocycles. The van der Waals surface area contributed by atoms with Crippen molar-refractivity contribution in [1.29, 1.82) is 0 Å². The fourth-order valence-electron chi connectivity index (χ4n) is 2.58. The van der Waals surface area contributed by atoms with E-state index in [1.807, 2.05) is 0 Å². The van der Waals surface area contributed by atoms with Crippen LogP contribution in [0.15, 0.2) is 46.9 Å². The Morgan fingerprint density at radius 1 is 1.17 bits per heavy atom. The van der Waals surface area contributed by atoms with E-state index in [1.54, 1.807) is 6.07 Å². The molecule has 0 spiro atoms. The largest absolute Gasteiger partial charge is 0.323 e. The van der Waals surface area contributed by atoms with E-state index in [-0.39, 0.29) is 24.6 Å². The van der Waals surface area contributed by atoms with Gasteiger partial charge in [0, 0.05) is 23.1 Å². The number of nitrogens with zero attached hydrogens (tertiary/aromatic N) is 1. The van der Waals surface area contributed by atoms with Crippen LogP contribution in [0, 0.1) is 17.6 Å². The lowest BCUT2D eigenvalue weighted by atomic mass is 10.1. The van der Waals surface area contributed by atoms with Gasteiger partial charge in [-0.25, -0.2) is 8.78 Å². The van der Waals surface area contributed by atoms with Crippen LogP contribution in [0.5, 0.6) is 0 Å². The number of halogens is 3. The molecule has 4 nitrogen and oxygen atoms in total. The van der Waals surface area contributed by atoms with Gasteiger partial charge in [0.25, 0.3) is 0 Å². The van der Waals surface area contributed by atoms with E-state index >= 15 is 0 Å². The quantitative estimate of drug-likeness (QED) is 0.862. The predicted molar refractivity (Wildman–Crippen MR) is 89.6 cm³/mol. The lowest BCUT2D eigenvalue weighted by Gasteiger charge is -2.16. The molecular formula is C17H13BrF2N2O2. The molecule has 3 rings (SSSR count). The van der Waals surface area contributed by atoms with Crippen molar-refractivity contribution in [3.8, 4) is 0 Å². The summed E-state index contributed by atoms with van der Waals surface area (Å²) in [5.74, 6) is -2.19. The third-order valence-corrected chi connectivity index (χ3v) is 4.32. The number of carbonyl (C=O) groups is 2. The zero-order chi connectivity index (χ0) is 17.3. The first-order valence-corrected chi connectivity index (χ1v) is 8.05.